The minimum Gasteiger partial charge on any atom is -0.299 e. The summed E-state index contributed by atoms with van der Waals surface area (Å²) in [6, 6.07) is 5.33. The van der Waals surface area contributed by atoms with Crippen molar-refractivity contribution in [2.75, 3.05) is 0 Å². The Labute approximate surface area is 100 Å². The highest BCUT2D eigenvalue weighted by Crippen LogP contribution is 2.22. The number of halogens is 2. The van der Waals surface area contributed by atoms with Gasteiger partial charge in [0.15, 0.2) is 0 Å². The lowest BCUT2D eigenvalue weighted by molar-refractivity contribution is -0.121. The Morgan fingerprint density at radius 3 is 2.60 bits per heavy atom. The van der Waals surface area contributed by atoms with E-state index in [9.17, 15) is 4.79 Å². The predicted octanol–water partition coefficient (Wildman–Crippen LogP) is 4.15. The fraction of sp³-hybridized carbons (Fsp3) is 0.417. The number of carbonyl (C=O) groups is 1. The molecule has 0 unspecified atom stereocenters. The number of ketones is 1. The molecular weight excluding hydrogens is 231 g/mol. The van der Waals surface area contributed by atoms with Gasteiger partial charge in [-0.05, 0) is 30.2 Å². The Balaban J connectivity index is 2.65. The van der Waals surface area contributed by atoms with Gasteiger partial charge in [-0.2, -0.15) is 0 Å². The van der Waals surface area contributed by atoms with Crippen LogP contribution in [-0.4, -0.2) is 5.78 Å². The minimum absolute atomic E-state index is 0.0861. The molecule has 0 aliphatic rings. The Morgan fingerprint density at radius 1 is 1.33 bits per heavy atom. The second kappa shape index (κ2) is 5.53. The summed E-state index contributed by atoms with van der Waals surface area (Å²) in [5.41, 5.74) is 0.943. The van der Waals surface area contributed by atoms with Gasteiger partial charge in [0.2, 0.25) is 0 Å². The van der Waals surface area contributed by atoms with Gasteiger partial charge in [-0.15, -0.1) is 0 Å². The fourth-order valence-corrected chi connectivity index (χ4v) is 1.69. The van der Waals surface area contributed by atoms with Crippen LogP contribution in [0.25, 0.3) is 0 Å². The number of benzene rings is 1. The number of carbonyl (C=O) groups excluding carboxylic acids is 1. The highest BCUT2D eigenvalue weighted by Gasteiger charge is 2.09. The van der Waals surface area contributed by atoms with Crippen LogP contribution in [0.15, 0.2) is 18.2 Å². The van der Waals surface area contributed by atoms with Crippen LogP contribution in [-0.2, 0) is 11.2 Å². The summed E-state index contributed by atoms with van der Waals surface area (Å²) in [6.45, 7) is 3.81. The maximum atomic E-state index is 11.4. The number of hydrogen-bond donors (Lipinski definition) is 0. The molecule has 15 heavy (non-hydrogen) atoms. The SMILES string of the molecule is CC(C)C(=O)CCc1cc(Cl)ccc1Cl. The van der Waals surface area contributed by atoms with E-state index < -0.39 is 0 Å². The van der Waals surface area contributed by atoms with E-state index in [4.69, 9.17) is 23.2 Å². The van der Waals surface area contributed by atoms with Crippen molar-refractivity contribution in [2.45, 2.75) is 26.7 Å². The van der Waals surface area contributed by atoms with Crippen LogP contribution >= 0.6 is 23.2 Å². The quantitative estimate of drug-likeness (QED) is 0.778. The van der Waals surface area contributed by atoms with Gasteiger partial charge in [-0.25, -0.2) is 0 Å². The van der Waals surface area contributed by atoms with Gasteiger partial charge in [-0.1, -0.05) is 37.0 Å². The molecule has 3 heteroatoms. The summed E-state index contributed by atoms with van der Waals surface area (Å²) < 4.78 is 0. The molecule has 0 radical (unpaired) electrons. The lowest BCUT2D eigenvalue weighted by atomic mass is 10.0. The molecule has 0 saturated heterocycles. The Hall–Kier alpha value is -0.530. The molecule has 0 spiro atoms. The van der Waals surface area contributed by atoms with Crippen molar-refractivity contribution in [3.05, 3.63) is 33.8 Å². The van der Waals surface area contributed by atoms with Crippen molar-refractivity contribution in [3.63, 3.8) is 0 Å². The van der Waals surface area contributed by atoms with E-state index in [-0.39, 0.29) is 11.7 Å². The topological polar surface area (TPSA) is 17.1 Å². The van der Waals surface area contributed by atoms with Crippen LogP contribution in [0.4, 0.5) is 0 Å². The van der Waals surface area contributed by atoms with E-state index in [1.807, 2.05) is 19.9 Å². The molecule has 0 atom stereocenters. The highest BCUT2D eigenvalue weighted by molar-refractivity contribution is 6.33. The van der Waals surface area contributed by atoms with E-state index in [2.05, 4.69) is 0 Å². The van der Waals surface area contributed by atoms with E-state index in [0.29, 0.717) is 22.9 Å². The molecule has 0 amide bonds. The predicted molar refractivity (Wildman–Crippen MR) is 64.6 cm³/mol. The number of aryl methyl sites for hydroxylation is 1. The largest absolute Gasteiger partial charge is 0.299 e. The Kier molecular flexibility index (Phi) is 4.62. The third kappa shape index (κ3) is 3.84. The van der Waals surface area contributed by atoms with Gasteiger partial charge in [0.25, 0.3) is 0 Å². The van der Waals surface area contributed by atoms with Crippen LogP contribution in [0.2, 0.25) is 10.0 Å². The monoisotopic (exact) mass is 244 g/mol. The molecule has 0 N–H and O–H groups in total. The normalized spacial score (nSPS) is 10.7. The van der Waals surface area contributed by atoms with Crippen molar-refractivity contribution in [1.82, 2.24) is 0 Å². The van der Waals surface area contributed by atoms with E-state index in [1.54, 1.807) is 12.1 Å². The third-order valence-corrected chi connectivity index (χ3v) is 2.90. The van der Waals surface area contributed by atoms with Crippen LogP contribution in [0, 0.1) is 5.92 Å². The van der Waals surface area contributed by atoms with Gasteiger partial charge in [0.1, 0.15) is 5.78 Å². The van der Waals surface area contributed by atoms with Crippen molar-refractivity contribution < 1.29 is 4.79 Å². The lowest BCUT2D eigenvalue weighted by Gasteiger charge is -2.06. The highest BCUT2D eigenvalue weighted by atomic mass is 35.5. The molecule has 0 heterocycles. The van der Waals surface area contributed by atoms with Crippen LogP contribution in [0.3, 0.4) is 0 Å². The Bertz CT molecular complexity index is 359. The molecule has 0 saturated carbocycles. The van der Waals surface area contributed by atoms with Crippen LogP contribution in [0.5, 0.6) is 0 Å². The van der Waals surface area contributed by atoms with Crippen molar-refractivity contribution in [3.8, 4) is 0 Å². The summed E-state index contributed by atoms with van der Waals surface area (Å²) in [5.74, 6) is 0.342. The molecule has 0 fully saturated rings. The molecule has 82 valence electrons. The van der Waals surface area contributed by atoms with E-state index in [0.717, 1.165) is 5.56 Å². The fourth-order valence-electron chi connectivity index (χ4n) is 1.28. The maximum absolute atomic E-state index is 11.4. The van der Waals surface area contributed by atoms with Crippen LogP contribution < -0.4 is 0 Å². The first-order valence-corrected chi connectivity index (χ1v) is 5.73. The second-order valence-corrected chi connectivity index (χ2v) is 4.70. The number of hydrogen-bond acceptors (Lipinski definition) is 1. The van der Waals surface area contributed by atoms with Gasteiger partial charge in [0, 0.05) is 22.4 Å². The Morgan fingerprint density at radius 2 is 2.00 bits per heavy atom. The number of rotatable bonds is 4. The maximum Gasteiger partial charge on any atom is 0.135 e. The van der Waals surface area contributed by atoms with E-state index >= 15 is 0 Å². The third-order valence-electron chi connectivity index (χ3n) is 2.29. The summed E-state index contributed by atoms with van der Waals surface area (Å²) in [5, 5.41) is 1.34. The van der Waals surface area contributed by atoms with Crippen molar-refractivity contribution >= 4 is 29.0 Å². The molecule has 0 aliphatic heterocycles. The zero-order valence-electron chi connectivity index (χ0n) is 8.89. The van der Waals surface area contributed by atoms with Crippen molar-refractivity contribution in [1.29, 1.82) is 0 Å². The molecule has 0 aliphatic carbocycles. The van der Waals surface area contributed by atoms with Crippen molar-refractivity contribution in [2.24, 2.45) is 5.92 Å². The average Bonchev–Trinajstić information content (AvgIpc) is 2.18. The van der Waals surface area contributed by atoms with Gasteiger partial charge in [-0.3, -0.25) is 4.79 Å². The lowest BCUT2D eigenvalue weighted by Crippen LogP contribution is -2.07. The molecule has 0 bridgehead atoms. The summed E-state index contributed by atoms with van der Waals surface area (Å²) in [4.78, 5) is 11.4. The zero-order valence-corrected chi connectivity index (χ0v) is 10.4. The molecule has 1 rings (SSSR count). The molecule has 0 aromatic heterocycles. The molecule has 1 aromatic rings. The summed E-state index contributed by atoms with van der Waals surface area (Å²) in [7, 11) is 0. The van der Waals surface area contributed by atoms with Gasteiger partial charge in [0.05, 0.1) is 0 Å². The first-order valence-electron chi connectivity index (χ1n) is 4.97. The first-order chi connectivity index (χ1) is 7.00. The smallest absolute Gasteiger partial charge is 0.135 e. The van der Waals surface area contributed by atoms with Gasteiger partial charge < -0.3 is 0 Å². The minimum atomic E-state index is 0.0861. The number of Topliss-reactive ketones (excluding diaryl/α,β-unsaturated/α-hetero) is 1. The molecule has 1 aromatic carbocycles. The van der Waals surface area contributed by atoms with Crippen LogP contribution in [0.1, 0.15) is 25.8 Å². The second-order valence-electron chi connectivity index (χ2n) is 3.86. The van der Waals surface area contributed by atoms with E-state index in [1.165, 1.54) is 0 Å². The standard InChI is InChI=1S/C12H14Cl2O/c1-8(2)12(15)6-3-9-7-10(13)4-5-11(9)14/h4-5,7-8H,3,6H2,1-2H3. The average molecular weight is 245 g/mol. The zero-order chi connectivity index (χ0) is 11.4. The molecular formula is C12H14Cl2O. The first kappa shape index (κ1) is 12.5. The molecule has 1 nitrogen and oxygen atoms in total. The summed E-state index contributed by atoms with van der Waals surface area (Å²) >= 11 is 11.8. The summed E-state index contributed by atoms with van der Waals surface area (Å²) in [6.07, 6.45) is 1.19. The van der Waals surface area contributed by atoms with Gasteiger partial charge >= 0.3 is 0 Å².